The van der Waals surface area contributed by atoms with E-state index in [0.717, 1.165) is 15.9 Å². The first-order valence-corrected chi connectivity index (χ1v) is 15.7. The fourth-order valence-corrected chi connectivity index (χ4v) is 5.73. The molecule has 12 nitrogen and oxygen atoms in total. The van der Waals surface area contributed by atoms with Crippen LogP contribution in [0, 0.1) is 11.3 Å². The van der Waals surface area contributed by atoms with E-state index in [9.17, 15) is 18.5 Å². The summed E-state index contributed by atoms with van der Waals surface area (Å²) in [7, 11) is -4.06. The minimum Gasteiger partial charge on any atom is -0.372 e. The third-order valence-corrected chi connectivity index (χ3v) is 8.08. The molecule has 0 aliphatic heterocycles. The molecule has 1 amide bonds. The summed E-state index contributed by atoms with van der Waals surface area (Å²) >= 11 is 1.42. The number of para-hydroxylation sites is 1. The highest BCUT2D eigenvalue weighted by atomic mass is 32.2. The molecule has 4 rings (SSSR count). The molecule has 0 bridgehead atoms. The number of thiazole rings is 1. The summed E-state index contributed by atoms with van der Waals surface area (Å²) in [6.45, 7) is 10.1. The van der Waals surface area contributed by atoms with Gasteiger partial charge >= 0.3 is 0 Å². The van der Waals surface area contributed by atoms with Crippen LogP contribution in [0.2, 0.25) is 0 Å². The number of anilines is 2. The second kappa shape index (κ2) is 12.4. The SMILES string of the molecule is CCN(CCCS(=O)(=O)O)c1ccc(N=Nc2c(C#N)c(C(C)(C)C)nn2-c2nc3ccccc3s2)c(NC(C)=O)c1. The zero-order valence-corrected chi connectivity index (χ0v) is 25.6. The lowest BCUT2D eigenvalue weighted by molar-refractivity contribution is -0.114. The molecule has 4 aromatic rings. The first-order valence-electron chi connectivity index (χ1n) is 13.2. The van der Waals surface area contributed by atoms with Gasteiger partial charge in [0.15, 0.2) is 5.82 Å². The molecule has 14 heteroatoms. The number of rotatable bonds is 10. The van der Waals surface area contributed by atoms with Gasteiger partial charge in [-0.25, -0.2) is 4.98 Å². The number of hydrogen-bond donors (Lipinski definition) is 2. The largest absolute Gasteiger partial charge is 0.372 e. The van der Waals surface area contributed by atoms with Gasteiger partial charge in [-0.2, -0.15) is 23.5 Å². The van der Waals surface area contributed by atoms with E-state index in [4.69, 9.17) is 14.6 Å². The number of carbonyl (C=O) groups excluding carboxylic acids is 1. The Morgan fingerprint density at radius 3 is 2.57 bits per heavy atom. The monoisotopic (exact) mass is 608 g/mol. The van der Waals surface area contributed by atoms with Crippen LogP contribution in [0.5, 0.6) is 0 Å². The van der Waals surface area contributed by atoms with Crippen molar-refractivity contribution in [2.45, 2.75) is 46.5 Å². The maximum Gasteiger partial charge on any atom is 0.264 e. The van der Waals surface area contributed by atoms with Crippen molar-refractivity contribution < 1.29 is 17.8 Å². The van der Waals surface area contributed by atoms with Crippen molar-refractivity contribution in [3.63, 3.8) is 0 Å². The number of nitrogens with one attached hydrogen (secondary N) is 1. The lowest BCUT2D eigenvalue weighted by atomic mass is 9.90. The third kappa shape index (κ3) is 7.17. The standard InChI is InChI=1S/C28H32N8O4S2/c1-6-35(14-9-15-42(38,39)40)19-12-13-21(23(16-19)30-18(2)37)32-33-26-20(17-29)25(28(3,4)5)34-36(26)27-31-22-10-7-8-11-24(22)41-27/h7-8,10-13,16H,6,9,14-15H2,1-5H3,(H,30,37)(H,38,39,40). The Kier molecular flexibility index (Phi) is 9.05. The van der Waals surface area contributed by atoms with Gasteiger partial charge in [-0.3, -0.25) is 9.35 Å². The van der Waals surface area contributed by atoms with Crippen molar-refractivity contribution in [1.29, 1.82) is 5.26 Å². The predicted molar refractivity (Wildman–Crippen MR) is 164 cm³/mol. The van der Waals surface area contributed by atoms with Crippen LogP contribution in [0.1, 0.15) is 52.3 Å². The highest BCUT2D eigenvalue weighted by molar-refractivity contribution is 7.85. The molecule has 0 saturated heterocycles. The molecule has 0 fully saturated rings. The molecule has 0 aliphatic carbocycles. The first-order chi connectivity index (χ1) is 19.8. The minimum atomic E-state index is -4.06. The summed E-state index contributed by atoms with van der Waals surface area (Å²) in [5.41, 5.74) is 2.63. The molecule has 220 valence electrons. The minimum absolute atomic E-state index is 0.222. The zero-order valence-electron chi connectivity index (χ0n) is 24.0. The Balaban J connectivity index is 1.77. The normalized spacial score (nSPS) is 12.1. The summed E-state index contributed by atoms with van der Waals surface area (Å²) in [6, 6.07) is 15.1. The predicted octanol–water partition coefficient (Wildman–Crippen LogP) is 6.13. The highest BCUT2D eigenvalue weighted by Gasteiger charge is 2.29. The fourth-order valence-electron chi connectivity index (χ4n) is 4.32. The first kappa shape index (κ1) is 30.8. The van der Waals surface area contributed by atoms with Crippen LogP contribution in [0.4, 0.5) is 22.9 Å². The molecule has 42 heavy (non-hydrogen) atoms. The van der Waals surface area contributed by atoms with E-state index in [1.54, 1.807) is 18.2 Å². The maximum atomic E-state index is 12.1. The van der Waals surface area contributed by atoms with Crippen molar-refractivity contribution in [2.75, 3.05) is 29.1 Å². The van der Waals surface area contributed by atoms with Crippen LogP contribution in [-0.2, 0) is 20.3 Å². The molecule has 0 saturated carbocycles. The van der Waals surface area contributed by atoms with Crippen molar-refractivity contribution in [3.8, 4) is 11.2 Å². The van der Waals surface area contributed by atoms with Gasteiger partial charge in [0.1, 0.15) is 17.3 Å². The van der Waals surface area contributed by atoms with E-state index in [2.05, 4.69) is 21.6 Å². The number of carbonyl (C=O) groups is 1. The van der Waals surface area contributed by atoms with E-state index in [1.165, 1.54) is 22.9 Å². The smallest absolute Gasteiger partial charge is 0.264 e. The van der Waals surface area contributed by atoms with Gasteiger partial charge in [0.2, 0.25) is 11.0 Å². The average Bonchev–Trinajstić information content (AvgIpc) is 3.50. The van der Waals surface area contributed by atoms with Crippen molar-refractivity contribution in [1.82, 2.24) is 14.8 Å². The number of nitriles is 1. The third-order valence-electron chi connectivity index (χ3n) is 6.27. The van der Waals surface area contributed by atoms with E-state index in [-0.39, 0.29) is 29.5 Å². The molecule has 2 aromatic carbocycles. The Morgan fingerprint density at radius 1 is 1.21 bits per heavy atom. The van der Waals surface area contributed by atoms with E-state index < -0.39 is 15.5 Å². The quantitative estimate of drug-likeness (QED) is 0.160. The van der Waals surface area contributed by atoms with Crippen molar-refractivity contribution in [3.05, 3.63) is 53.7 Å². The number of azo groups is 1. The molecular weight excluding hydrogens is 576 g/mol. The number of nitrogens with zero attached hydrogens (tertiary/aromatic N) is 7. The number of aromatic nitrogens is 3. The van der Waals surface area contributed by atoms with Gasteiger partial charge in [0.05, 0.1) is 27.4 Å². The van der Waals surface area contributed by atoms with Gasteiger partial charge in [0, 0.05) is 31.1 Å². The molecule has 2 aromatic heterocycles. The van der Waals surface area contributed by atoms with E-state index >= 15 is 0 Å². The topological polar surface area (TPSA) is 166 Å². The van der Waals surface area contributed by atoms with Crippen LogP contribution in [0.3, 0.4) is 0 Å². The summed E-state index contributed by atoms with van der Waals surface area (Å²) < 4.78 is 33.9. The van der Waals surface area contributed by atoms with Gasteiger partial charge in [-0.15, -0.1) is 10.2 Å². The van der Waals surface area contributed by atoms with Crippen LogP contribution in [-0.4, -0.2) is 52.5 Å². The van der Waals surface area contributed by atoms with E-state index in [1.807, 2.05) is 56.9 Å². The number of hydrogen-bond acceptors (Lipinski definition) is 10. The van der Waals surface area contributed by atoms with Gasteiger partial charge < -0.3 is 10.2 Å². The second-order valence-electron chi connectivity index (χ2n) is 10.6. The summed E-state index contributed by atoms with van der Waals surface area (Å²) in [6.07, 6.45) is 0.229. The number of benzene rings is 2. The summed E-state index contributed by atoms with van der Waals surface area (Å²) in [5, 5.41) is 27.1. The molecule has 0 radical (unpaired) electrons. The lowest BCUT2D eigenvalue weighted by Gasteiger charge is -2.24. The second-order valence-corrected chi connectivity index (χ2v) is 13.2. The number of fused-ring (bicyclic) bond motifs is 1. The Morgan fingerprint density at radius 2 is 1.95 bits per heavy atom. The average molecular weight is 609 g/mol. The van der Waals surface area contributed by atoms with Crippen LogP contribution < -0.4 is 10.2 Å². The maximum absolute atomic E-state index is 12.1. The Labute approximate surface area is 248 Å². The van der Waals surface area contributed by atoms with Crippen molar-refractivity contribution in [2.24, 2.45) is 10.2 Å². The molecule has 0 atom stereocenters. The van der Waals surface area contributed by atoms with E-state index in [0.29, 0.717) is 35.3 Å². The molecule has 0 aliphatic rings. The fraction of sp³-hybridized carbons (Fsp3) is 0.357. The Hall–Kier alpha value is -4.19. The summed E-state index contributed by atoms with van der Waals surface area (Å²) in [5.74, 6) is -0.445. The lowest BCUT2D eigenvalue weighted by Crippen LogP contribution is -2.25. The molecule has 0 spiro atoms. The van der Waals surface area contributed by atoms with Gasteiger partial charge in [0.25, 0.3) is 10.1 Å². The van der Waals surface area contributed by atoms with Crippen molar-refractivity contribution >= 4 is 60.5 Å². The molecule has 2 heterocycles. The van der Waals surface area contributed by atoms with Crippen LogP contribution in [0.25, 0.3) is 15.3 Å². The molecule has 0 unspecified atom stereocenters. The highest BCUT2D eigenvalue weighted by Crippen LogP contribution is 2.37. The molecular formula is C28H32N8O4S2. The van der Waals surface area contributed by atoms with Gasteiger partial charge in [-0.1, -0.05) is 44.2 Å². The number of amides is 1. The molecule has 2 N–H and O–H groups in total. The Bertz CT molecular complexity index is 1760. The van der Waals surface area contributed by atoms with Gasteiger partial charge in [-0.05, 0) is 43.7 Å². The van der Waals surface area contributed by atoms with Crippen LogP contribution >= 0.6 is 11.3 Å². The summed E-state index contributed by atoms with van der Waals surface area (Å²) in [4.78, 5) is 18.7. The van der Waals surface area contributed by atoms with Crippen LogP contribution in [0.15, 0.2) is 52.7 Å². The zero-order chi connectivity index (χ0) is 30.7.